The van der Waals surface area contributed by atoms with Crippen molar-refractivity contribution in [3.63, 3.8) is 0 Å². The molecule has 2 atom stereocenters. The summed E-state index contributed by atoms with van der Waals surface area (Å²) in [4.78, 5) is 34.7. The normalized spacial score (nSPS) is 14.0. The second-order valence-corrected chi connectivity index (χ2v) is 13.7. The molecule has 0 bridgehead atoms. The number of esters is 2. The highest BCUT2D eigenvalue weighted by molar-refractivity contribution is 7.47. The van der Waals surface area contributed by atoms with E-state index in [1.807, 2.05) is 21.1 Å². The summed E-state index contributed by atoms with van der Waals surface area (Å²) in [5, 5.41) is 0. The Balaban J connectivity index is 4.44. The summed E-state index contributed by atoms with van der Waals surface area (Å²) in [7, 11) is 1.48. The van der Waals surface area contributed by atoms with Crippen LogP contribution in [-0.2, 0) is 32.7 Å². The topological polar surface area (TPSA) is 108 Å². The molecule has 10 heteroatoms. The van der Waals surface area contributed by atoms with E-state index >= 15 is 0 Å². The number of hydrogen-bond acceptors (Lipinski definition) is 7. The van der Waals surface area contributed by atoms with Crippen molar-refractivity contribution in [3.8, 4) is 0 Å². The van der Waals surface area contributed by atoms with E-state index in [1.54, 1.807) is 0 Å². The third kappa shape index (κ3) is 28.9. The lowest BCUT2D eigenvalue weighted by molar-refractivity contribution is -0.870. The Hall–Kier alpha value is -0.990. The number of carbonyl (C=O) groups excluding carboxylic acids is 2. The average molecular weight is 609 g/mol. The lowest BCUT2D eigenvalue weighted by Crippen LogP contribution is -2.37. The molecule has 41 heavy (non-hydrogen) atoms. The molecule has 0 aliphatic carbocycles. The van der Waals surface area contributed by atoms with E-state index < -0.39 is 26.5 Å². The minimum Gasteiger partial charge on any atom is -0.462 e. The number of phosphoric acid groups is 1. The van der Waals surface area contributed by atoms with Gasteiger partial charge in [-0.3, -0.25) is 18.6 Å². The first-order chi connectivity index (χ1) is 19.5. The predicted octanol–water partition coefficient (Wildman–Crippen LogP) is 7.73. The summed E-state index contributed by atoms with van der Waals surface area (Å²) in [5.74, 6) is -0.810. The number of rotatable bonds is 29. The van der Waals surface area contributed by atoms with Gasteiger partial charge in [-0.2, -0.15) is 0 Å². The fourth-order valence-electron chi connectivity index (χ4n) is 4.25. The molecule has 0 amide bonds. The van der Waals surface area contributed by atoms with E-state index in [4.69, 9.17) is 18.5 Å². The number of carbonyl (C=O) groups is 2. The summed E-state index contributed by atoms with van der Waals surface area (Å²) < 4.78 is 33.8. The van der Waals surface area contributed by atoms with Crippen LogP contribution in [0.1, 0.15) is 136 Å². The molecule has 0 rings (SSSR count). The van der Waals surface area contributed by atoms with Crippen LogP contribution in [0.2, 0.25) is 0 Å². The Bertz CT molecular complexity index is 698. The third-order valence-corrected chi connectivity index (χ3v) is 7.87. The second kappa shape index (κ2) is 25.5. The van der Waals surface area contributed by atoms with Crippen molar-refractivity contribution >= 4 is 19.8 Å². The molecule has 0 radical (unpaired) electrons. The lowest BCUT2D eigenvalue weighted by atomic mass is 10.0. The number of nitrogens with zero attached hydrogens (tertiary/aromatic N) is 1. The summed E-state index contributed by atoms with van der Waals surface area (Å²) >= 11 is 0. The molecular weight excluding hydrogens is 545 g/mol. The SMILES string of the molecule is CCCCCCCCCCCCCCC(=O)OC(COC(=O)CCCCCCC)COP(=O)(O)OCC[N+](C)(C)C. The summed E-state index contributed by atoms with van der Waals surface area (Å²) in [6.45, 7) is 4.30. The van der Waals surface area contributed by atoms with Gasteiger partial charge in [0, 0.05) is 12.8 Å². The van der Waals surface area contributed by atoms with Crippen LogP contribution < -0.4 is 0 Å². The Morgan fingerprint density at radius 2 is 1.10 bits per heavy atom. The lowest BCUT2D eigenvalue weighted by Gasteiger charge is -2.24. The van der Waals surface area contributed by atoms with Gasteiger partial charge in [0.15, 0.2) is 6.10 Å². The Kier molecular flexibility index (Phi) is 24.9. The number of hydrogen-bond donors (Lipinski definition) is 1. The van der Waals surface area contributed by atoms with E-state index in [0.29, 0.717) is 17.4 Å². The molecule has 0 aromatic carbocycles. The van der Waals surface area contributed by atoms with Gasteiger partial charge in [-0.15, -0.1) is 0 Å². The van der Waals surface area contributed by atoms with Crippen molar-refractivity contribution in [3.05, 3.63) is 0 Å². The van der Waals surface area contributed by atoms with Crippen molar-refractivity contribution < 1.29 is 42.1 Å². The van der Waals surface area contributed by atoms with Gasteiger partial charge < -0.3 is 18.9 Å². The monoisotopic (exact) mass is 608 g/mol. The Labute approximate surface area is 251 Å². The maximum atomic E-state index is 12.5. The summed E-state index contributed by atoms with van der Waals surface area (Å²) in [6.07, 6.45) is 19.0. The van der Waals surface area contributed by atoms with Crippen molar-refractivity contribution in [2.45, 2.75) is 142 Å². The molecule has 0 aliphatic heterocycles. The molecule has 0 spiro atoms. The molecule has 0 saturated carbocycles. The summed E-state index contributed by atoms with van der Waals surface area (Å²) in [5.41, 5.74) is 0. The maximum absolute atomic E-state index is 12.5. The molecule has 0 saturated heterocycles. The number of unbranched alkanes of at least 4 members (excludes halogenated alkanes) is 15. The minimum absolute atomic E-state index is 0.0354. The molecule has 0 heterocycles. The van der Waals surface area contributed by atoms with Gasteiger partial charge >= 0.3 is 19.8 Å². The van der Waals surface area contributed by atoms with Crippen LogP contribution in [0.15, 0.2) is 0 Å². The molecule has 0 fully saturated rings. The van der Waals surface area contributed by atoms with Gasteiger partial charge in [-0.05, 0) is 12.8 Å². The van der Waals surface area contributed by atoms with Gasteiger partial charge in [0.2, 0.25) is 0 Å². The van der Waals surface area contributed by atoms with E-state index in [1.165, 1.54) is 57.8 Å². The van der Waals surface area contributed by atoms with Gasteiger partial charge in [-0.1, -0.05) is 110 Å². The fraction of sp³-hybridized carbons (Fsp3) is 0.935. The largest absolute Gasteiger partial charge is 0.472 e. The van der Waals surface area contributed by atoms with Crippen LogP contribution in [0.5, 0.6) is 0 Å². The van der Waals surface area contributed by atoms with Crippen LogP contribution in [0.25, 0.3) is 0 Å². The number of likely N-dealkylation sites (N-methyl/N-ethyl adjacent to an activating group) is 1. The first-order valence-corrected chi connectivity index (χ1v) is 17.8. The molecule has 2 unspecified atom stereocenters. The van der Waals surface area contributed by atoms with Gasteiger partial charge in [0.25, 0.3) is 0 Å². The van der Waals surface area contributed by atoms with Gasteiger partial charge in [0.05, 0.1) is 27.7 Å². The Morgan fingerprint density at radius 1 is 0.659 bits per heavy atom. The molecule has 0 aliphatic rings. The van der Waals surface area contributed by atoms with Crippen molar-refractivity contribution in [1.82, 2.24) is 0 Å². The Morgan fingerprint density at radius 3 is 1.56 bits per heavy atom. The smallest absolute Gasteiger partial charge is 0.462 e. The van der Waals surface area contributed by atoms with E-state index in [2.05, 4.69) is 13.8 Å². The average Bonchev–Trinajstić information content (AvgIpc) is 2.90. The van der Waals surface area contributed by atoms with Crippen molar-refractivity contribution in [1.29, 1.82) is 0 Å². The van der Waals surface area contributed by atoms with Gasteiger partial charge in [-0.25, -0.2) is 4.57 Å². The van der Waals surface area contributed by atoms with E-state index in [0.717, 1.165) is 44.9 Å². The van der Waals surface area contributed by atoms with Crippen LogP contribution in [0, 0.1) is 0 Å². The quantitative estimate of drug-likeness (QED) is 0.0398. The highest BCUT2D eigenvalue weighted by atomic mass is 31.2. The molecular formula is C31H63NO8P+. The molecule has 244 valence electrons. The van der Waals surface area contributed by atoms with Crippen molar-refractivity contribution in [2.24, 2.45) is 0 Å². The van der Waals surface area contributed by atoms with Crippen LogP contribution in [-0.4, -0.2) is 74.9 Å². The number of quaternary nitrogens is 1. The highest BCUT2D eigenvalue weighted by Gasteiger charge is 2.27. The highest BCUT2D eigenvalue weighted by Crippen LogP contribution is 2.43. The first-order valence-electron chi connectivity index (χ1n) is 16.3. The molecule has 0 aromatic rings. The van der Waals surface area contributed by atoms with Crippen molar-refractivity contribution in [2.75, 3.05) is 47.5 Å². The first kappa shape index (κ1) is 40.0. The predicted molar refractivity (Wildman–Crippen MR) is 165 cm³/mol. The fourth-order valence-corrected chi connectivity index (χ4v) is 4.99. The summed E-state index contributed by atoms with van der Waals surface area (Å²) in [6, 6.07) is 0. The van der Waals surface area contributed by atoms with E-state index in [9.17, 15) is 19.0 Å². The maximum Gasteiger partial charge on any atom is 0.472 e. The second-order valence-electron chi connectivity index (χ2n) is 12.2. The van der Waals surface area contributed by atoms with Crippen LogP contribution >= 0.6 is 7.82 Å². The zero-order chi connectivity index (χ0) is 30.8. The molecule has 0 aromatic heterocycles. The van der Waals surface area contributed by atoms with E-state index in [-0.39, 0.29) is 32.0 Å². The minimum atomic E-state index is -4.34. The van der Waals surface area contributed by atoms with Gasteiger partial charge in [0.1, 0.15) is 19.8 Å². The number of phosphoric ester groups is 1. The standard InChI is InChI=1S/C31H62NO8P/c1-6-8-10-12-13-14-15-16-17-18-20-22-24-31(34)40-29(27-37-30(33)23-21-19-11-9-7-2)28-39-41(35,36)38-26-25-32(3,4)5/h29H,6-28H2,1-5H3/p+1. The zero-order valence-corrected chi connectivity index (χ0v) is 27.9. The zero-order valence-electron chi connectivity index (χ0n) is 27.0. The molecule has 1 N–H and O–H groups in total. The third-order valence-electron chi connectivity index (χ3n) is 6.89. The van der Waals surface area contributed by atoms with Crippen LogP contribution in [0.4, 0.5) is 0 Å². The number of ether oxygens (including phenoxy) is 2. The molecule has 9 nitrogen and oxygen atoms in total. The van der Waals surface area contributed by atoms with Crippen LogP contribution in [0.3, 0.4) is 0 Å².